The van der Waals surface area contributed by atoms with Gasteiger partial charge in [-0.05, 0) is 31.2 Å². The number of primary amides is 1. The van der Waals surface area contributed by atoms with Crippen molar-refractivity contribution in [3.8, 4) is 0 Å². The molecule has 0 aliphatic carbocycles. The highest BCUT2D eigenvalue weighted by Crippen LogP contribution is 2.17. The van der Waals surface area contributed by atoms with Crippen LogP contribution in [0, 0.1) is 13.0 Å². The minimum atomic E-state index is -0.446. The molecule has 2 rings (SSSR count). The number of aryl methyl sites for hydroxylation is 1. The van der Waals surface area contributed by atoms with E-state index in [0.717, 1.165) is 16.6 Å². The maximum atomic E-state index is 11.1. The highest BCUT2D eigenvalue weighted by atomic mass is 16.2. The molecule has 0 saturated carbocycles. The third-order valence-corrected chi connectivity index (χ3v) is 2.05. The van der Waals surface area contributed by atoms with Gasteiger partial charge in [0.25, 0.3) is 0 Å². The van der Waals surface area contributed by atoms with E-state index in [1.54, 1.807) is 6.07 Å². The summed E-state index contributed by atoms with van der Waals surface area (Å²) in [5.74, 6) is 0. The molecule has 0 saturated heterocycles. The van der Waals surface area contributed by atoms with Crippen LogP contribution in [0.25, 0.3) is 10.9 Å². The van der Waals surface area contributed by atoms with Crippen molar-refractivity contribution < 1.29 is 4.79 Å². The monoisotopic (exact) mass is 173 g/mol. The summed E-state index contributed by atoms with van der Waals surface area (Å²) in [6.07, 6.45) is 0. The Morgan fingerprint density at radius 3 is 3.08 bits per heavy atom. The van der Waals surface area contributed by atoms with Crippen LogP contribution >= 0.6 is 0 Å². The first-order chi connectivity index (χ1) is 6.20. The van der Waals surface area contributed by atoms with E-state index in [9.17, 15) is 4.79 Å². The largest absolute Gasteiger partial charge is 0.351 e. The Bertz CT molecular complexity index is 471. The zero-order valence-corrected chi connectivity index (χ0v) is 7.24. The van der Waals surface area contributed by atoms with Crippen LogP contribution in [-0.4, -0.2) is 10.6 Å². The summed E-state index contributed by atoms with van der Waals surface area (Å²) < 4.78 is 1.49. The molecule has 0 aliphatic rings. The van der Waals surface area contributed by atoms with Gasteiger partial charge in [0.2, 0.25) is 0 Å². The molecule has 1 amide bonds. The van der Waals surface area contributed by atoms with Crippen molar-refractivity contribution in [2.75, 3.05) is 0 Å². The SMILES string of the molecule is Cc1cc2c[c]ccc2n1C(N)=O. The number of benzene rings is 1. The Labute approximate surface area is 75.8 Å². The first-order valence-electron chi connectivity index (χ1n) is 3.98. The van der Waals surface area contributed by atoms with Crippen LogP contribution in [0.2, 0.25) is 0 Å². The molecule has 0 bridgehead atoms. The van der Waals surface area contributed by atoms with Crippen LogP contribution in [-0.2, 0) is 0 Å². The molecule has 2 aromatic rings. The third kappa shape index (κ3) is 1.09. The molecule has 1 heterocycles. The number of hydrogen-bond donors (Lipinski definition) is 1. The predicted octanol–water partition coefficient (Wildman–Crippen LogP) is 1.68. The van der Waals surface area contributed by atoms with Gasteiger partial charge in [0.1, 0.15) is 0 Å². The summed E-state index contributed by atoms with van der Waals surface area (Å²) >= 11 is 0. The minimum Gasteiger partial charge on any atom is -0.351 e. The minimum absolute atomic E-state index is 0.446. The normalized spacial score (nSPS) is 10.5. The molecule has 1 radical (unpaired) electrons. The number of hydrogen-bond acceptors (Lipinski definition) is 1. The van der Waals surface area contributed by atoms with Crippen molar-refractivity contribution in [2.45, 2.75) is 6.92 Å². The second kappa shape index (κ2) is 2.62. The molecule has 13 heavy (non-hydrogen) atoms. The fraction of sp³-hybridized carbons (Fsp3) is 0.100. The summed E-state index contributed by atoms with van der Waals surface area (Å²) in [5, 5.41) is 0.985. The van der Waals surface area contributed by atoms with Gasteiger partial charge in [-0.2, -0.15) is 0 Å². The molecule has 1 aromatic carbocycles. The average Bonchev–Trinajstić information content (AvgIpc) is 2.39. The van der Waals surface area contributed by atoms with E-state index in [1.165, 1.54) is 4.57 Å². The van der Waals surface area contributed by atoms with Crippen LogP contribution in [0.4, 0.5) is 4.79 Å². The summed E-state index contributed by atoms with van der Waals surface area (Å²) in [4.78, 5) is 11.1. The lowest BCUT2D eigenvalue weighted by atomic mass is 10.2. The molecule has 0 atom stereocenters. The molecule has 1 aromatic heterocycles. The Kier molecular flexibility index (Phi) is 1.59. The second-order valence-corrected chi connectivity index (χ2v) is 2.94. The van der Waals surface area contributed by atoms with Gasteiger partial charge >= 0.3 is 6.03 Å². The summed E-state index contributed by atoms with van der Waals surface area (Å²) in [7, 11) is 0. The van der Waals surface area contributed by atoms with Crippen molar-refractivity contribution in [1.82, 2.24) is 4.57 Å². The van der Waals surface area contributed by atoms with Crippen molar-refractivity contribution in [3.05, 3.63) is 36.0 Å². The van der Waals surface area contributed by atoms with Gasteiger partial charge in [0, 0.05) is 11.1 Å². The van der Waals surface area contributed by atoms with Crippen molar-refractivity contribution in [2.24, 2.45) is 5.73 Å². The van der Waals surface area contributed by atoms with Crippen molar-refractivity contribution in [3.63, 3.8) is 0 Å². The van der Waals surface area contributed by atoms with Crippen LogP contribution < -0.4 is 5.73 Å². The molecule has 3 heteroatoms. The number of rotatable bonds is 0. The number of aromatic nitrogens is 1. The highest BCUT2D eigenvalue weighted by Gasteiger charge is 2.07. The fourth-order valence-electron chi connectivity index (χ4n) is 1.53. The van der Waals surface area contributed by atoms with Crippen LogP contribution in [0.3, 0.4) is 0 Å². The Morgan fingerprint density at radius 1 is 1.62 bits per heavy atom. The van der Waals surface area contributed by atoms with Gasteiger partial charge in [-0.3, -0.25) is 4.57 Å². The van der Waals surface area contributed by atoms with Crippen molar-refractivity contribution in [1.29, 1.82) is 0 Å². The van der Waals surface area contributed by atoms with Crippen LogP contribution in [0.15, 0.2) is 24.3 Å². The number of fused-ring (bicyclic) bond motifs is 1. The lowest BCUT2D eigenvalue weighted by Gasteiger charge is -2.00. The number of nitrogens with zero attached hydrogens (tertiary/aromatic N) is 1. The van der Waals surface area contributed by atoms with E-state index in [2.05, 4.69) is 6.07 Å². The molecular weight excluding hydrogens is 164 g/mol. The fourth-order valence-corrected chi connectivity index (χ4v) is 1.53. The lowest BCUT2D eigenvalue weighted by Crippen LogP contribution is -2.20. The molecule has 0 fully saturated rings. The summed E-state index contributed by atoms with van der Waals surface area (Å²) in [5.41, 5.74) is 6.92. The molecule has 0 aliphatic heterocycles. The van der Waals surface area contributed by atoms with E-state index in [0.29, 0.717) is 0 Å². The Balaban J connectivity index is 2.86. The predicted molar refractivity (Wildman–Crippen MR) is 50.5 cm³/mol. The smallest absolute Gasteiger partial charge is 0.323 e. The first kappa shape index (κ1) is 7.86. The molecule has 3 nitrogen and oxygen atoms in total. The maximum Gasteiger partial charge on any atom is 0.323 e. The topological polar surface area (TPSA) is 48.0 Å². The highest BCUT2D eigenvalue weighted by molar-refractivity contribution is 5.92. The number of carbonyl (C=O) groups is 1. The van der Waals surface area contributed by atoms with Gasteiger partial charge in [-0.15, -0.1) is 0 Å². The number of nitrogens with two attached hydrogens (primary N) is 1. The van der Waals surface area contributed by atoms with Gasteiger partial charge in [-0.25, -0.2) is 4.79 Å². The lowest BCUT2D eigenvalue weighted by molar-refractivity contribution is 0.251. The van der Waals surface area contributed by atoms with Gasteiger partial charge in [0.05, 0.1) is 5.52 Å². The average molecular weight is 173 g/mol. The Hall–Kier alpha value is -1.77. The first-order valence-corrected chi connectivity index (χ1v) is 3.98. The maximum absolute atomic E-state index is 11.1. The van der Waals surface area contributed by atoms with E-state index in [1.807, 2.05) is 25.1 Å². The second-order valence-electron chi connectivity index (χ2n) is 2.94. The zero-order valence-electron chi connectivity index (χ0n) is 7.24. The molecular formula is C10H9N2O. The van der Waals surface area contributed by atoms with Crippen LogP contribution in [0.1, 0.15) is 5.69 Å². The summed E-state index contributed by atoms with van der Waals surface area (Å²) in [6.45, 7) is 1.85. The van der Waals surface area contributed by atoms with Crippen LogP contribution in [0.5, 0.6) is 0 Å². The standard InChI is InChI=1S/C10H9N2O/c1-7-6-8-4-2-3-5-9(8)12(7)10(11)13/h3-6H,1H3,(H2,11,13). The van der Waals surface area contributed by atoms with E-state index >= 15 is 0 Å². The van der Waals surface area contributed by atoms with Crippen molar-refractivity contribution >= 4 is 16.9 Å². The molecule has 0 unspecified atom stereocenters. The molecule has 2 N–H and O–H groups in total. The number of amides is 1. The van der Waals surface area contributed by atoms with Gasteiger partial charge < -0.3 is 5.73 Å². The Morgan fingerprint density at radius 2 is 2.38 bits per heavy atom. The zero-order chi connectivity index (χ0) is 9.42. The van der Waals surface area contributed by atoms with E-state index < -0.39 is 6.03 Å². The quantitative estimate of drug-likeness (QED) is 0.647. The van der Waals surface area contributed by atoms with Gasteiger partial charge in [-0.1, -0.05) is 6.07 Å². The third-order valence-electron chi connectivity index (χ3n) is 2.05. The molecule has 0 spiro atoms. The number of carbonyl (C=O) groups excluding carboxylic acids is 1. The summed E-state index contributed by atoms with van der Waals surface area (Å²) in [6, 6.07) is 9.84. The van der Waals surface area contributed by atoms with E-state index in [-0.39, 0.29) is 0 Å². The molecule has 65 valence electrons. The van der Waals surface area contributed by atoms with Gasteiger partial charge in [0.15, 0.2) is 0 Å². The van der Waals surface area contributed by atoms with E-state index in [4.69, 9.17) is 5.73 Å².